The molecular weight excluding hydrogens is 464 g/mol. The van der Waals surface area contributed by atoms with Crippen molar-refractivity contribution >= 4 is 41.3 Å². The molecule has 35 heavy (non-hydrogen) atoms. The van der Waals surface area contributed by atoms with Gasteiger partial charge in [0.2, 0.25) is 11.9 Å². The maximum absolute atomic E-state index is 12.2. The van der Waals surface area contributed by atoms with Gasteiger partial charge in [0.25, 0.3) is 0 Å². The van der Waals surface area contributed by atoms with Gasteiger partial charge in [-0.3, -0.25) is 4.79 Å². The second kappa shape index (κ2) is 12.1. The van der Waals surface area contributed by atoms with Crippen molar-refractivity contribution in [2.24, 2.45) is 21.5 Å². The van der Waals surface area contributed by atoms with Crippen LogP contribution in [0.2, 0.25) is 0 Å². The highest BCUT2D eigenvalue weighted by molar-refractivity contribution is 8.00. The molecule has 3 unspecified atom stereocenters. The molecule has 0 spiro atoms. The lowest BCUT2D eigenvalue weighted by atomic mass is 10.1. The molecule has 0 saturated carbocycles. The van der Waals surface area contributed by atoms with Crippen LogP contribution < -0.4 is 27.4 Å². The average Bonchev–Trinajstić information content (AvgIpc) is 3.55. The van der Waals surface area contributed by atoms with E-state index >= 15 is 0 Å². The van der Waals surface area contributed by atoms with Gasteiger partial charge in [-0.15, -0.1) is 11.8 Å². The number of urea groups is 1. The van der Waals surface area contributed by atoms with Crippen LogP contribution in [0.4, 0.5) is 10.5 Å². The monoisotopic (exact) mass is 500 g/mol. The summed E-state index contributed by atoms with van der Waals surface area (Å²) in [7, 11) is 0. The Morgan fingerprint density at radius 1 is 1.14 bits per heavy atom. The summed E-state index contributed by atoms with van der Waals surface area (Å²) in [6.07, 6.45) is 7.55. The summed E-state index contributed by atoms with van der Waals surface area (Å²) >= 11 is 1.84. The van der Waals surface area contributed by atoms with Crippen molar-refractivity contribution in [3.8, 4) is 0 Å². The second-order valence-corrected chi connectivity index (χ2v) is 10.7. The van der Waals surface area contributed by atoms with Crippen LogP contribution in [0, 0.1) is 0 Å². The number of unbranched alkanes of at least 4 members (excludes halogenated alkanes) is 1. The Morgan fingerprint density at radius 3 is 2.66 bits per heavy atom. The second-order valence-electron chi connectivity index (χ2n) is 9.29. The molecule has 3 atom stereocenters. The van der Waals surface area contributed by atoms with Crippen LogP contribution in [0.5, 0.6) is 0 Å². The van der Waals surface area contributed by atoms with Crippen molar-refractivity contribution in [3.63, 3.8) is 0 Å². The number of aliphatic imine (C=N–C) groups is 2. The molecule has 3 aliphatic rings. The SMILES string of the molecule is NC(=Nc1ccc(CCNC(=O)CCCCC2CC3NC(=O)NC3S2)cc1)N=C(N)N1CCCC1. The van der Waals surface area contributed by atoms with Crippen molar-refractivity contribution < 1.29 is 9.59 Å². The fourth-order valence-electron chi connectivity index (χ4n) is 4.68. The summed E-state index contributed by atoms with van der Waals surface area (Å²) < 4.78 is 0. The molecule has 3 saturated heterocycles. The molecule has 4 rings (SSSR count). The number of nitrogens with one attached hydrogen (secondary N) is 3. The fraction of sp³-hybridized carbons (Fsp3) is 0.583. The molecule has 1 aromatic rings. The Balaban J connectivity index is 1.09. The zero-order chi connectivity index (χ0) is 24.6. The zero-order valence-corrected chi connectivity index (χ0v) is 20.9. The van der Waals surface area contributed by atoms with E-state index in [4.69, 9.17) is 11.5 Å². The molecule has 3 amide bonds. The van der Waals surface area contributed by atoms with Gasteiger partial charge in [-0.1, -0.05) is 18.6 Å². The molecule has 3 aliphatic heterocycles. The summed E-state index contributed by atoms with van der Waals surface area (Å²) in [5.41, 5.74) is 13.8. The van der Waals surface area contributed by atoms with E-state index in [0.29, 0.717) is 24.2 Å². The van der Waals surface area contributed by atoms with Crippen molar-refractivity contribution in [1.82, 2.24) is 20.9 Å². The summed E-state index contributed by atoms with van der Waals surface area (Å²) in [5, 5.41) is 9.67. The number of fused-ring (bicyclic) bond motifs is 1. The number of benzene rings is 1. The Labute approximate surface area is 210 Å². The van der Waals surface area contributed by atoms with E-state index < -0.39 is 0 Å². The van der Waals surface area contributed by atoms with E-state index in [0.717, 1.165) is 69.3 Å². The van der Waals surface area contributed by atoms with Crippen LogP contribution in [0.15, 0.2) is 34.3 Å². The van der Waals surface area contributed by atoms with E-state index in [1.54, 1.807) is 0 Å². The number of hydrogen-bond acceptors (Lipinski definition) is 4. The number of nitrogens with two attached hydrogens (primary N) is 2. The molecule has 3 heterocycles. The van der Waals surface area contributed by atoms with Crippen molar-refractivity contribution in [1.29, 1.82) is 0 Å². The molecular formula is C24H36N8O2S. The number of hydrogen-bond donors (Lipinski definition) is 5. The van der Waals surface area contributed by atoms with Gasteiger partial charge in [-0.25, -0.2) is 9.79 Å². The van der Waals surface area contributed by atoms with Gasteiger partial charge in [0, 0.05) is 31.3 Å². The Kier molecular flexibility index (Phi) is 8.73. The van der Waals surface area contributed by atoms with Gasteiger partial charge in [0.15, 0.2) is 5.96 Å². The number of amides is 3. The molecule has 11 heteroatoms. The van der Waals surface area contributed by atoms with Crippen LogP contribution in [0.1, 0.15) is 50.5 Å². The number of thioether (sulfide) groups is 1. The summed E-state index contributed by atoms with van der Waals surface area (Å²) in [6, 6.07) is 7.95. The highest BCUT2D eigenvalue weighted by Crippen LogP contribution is 2.37. The van der Waals surface area contributed by atoms with E-state index in [1.165, 1.54) is 0 Å². The van der Waals surface area contributed by atoms with Crippen LogP contribution in [0.25, 0.3) is 0 Å². The minimum atomic E-state index is -0.0552. The van der Waals surface area contributed by atoms with Crippen molar-refractivity contribution in [2.75, 3.05) is 19.6 Å². The lowest BCUT2D eigenvalue weighted by Crippen LogP contribution is -2.36. The summed E-state index contributed by atoms with van der Waals surface area (Å²) in [4.78, 5) is 34.0. The highest BCUT2D eigenvalue weighted by Gasteiger charge is 2.40. The number of rotatable bonds is 9. The highest BCUT2D eigenvalue weighted by atomic mass is 32.2. The third-order valence-electron chi connectivity index (χ3n) is 6.57. The first-order valence-electron chi connectivity index (χ1n) is 12.5. The standard InChI is InChI=1S/C24H36N8O2S/c25-22(31-23(26)32-13-3-4-14-32)28-17-9-7-16(8-10-17)11-12-27-20(33)6-2-1-5-18-15-19-21(35-18)30-24(34)29-19/h7-10,18-19,21H,1-6,11-15H2,(H,27,33)(H2,29,30,34)(H4,25,26,28,31). The van der Waals surface area contributed by atoms with Gasteiger partial charge in [0.1, 0.15) is 0 Å². The molecule has 1 aromatic carbocycles. The van der Waals surface area contributed by atoms with Gasteiger partial charge in [-0.05, 0) is 56.2 Å². The molecule has 10 nitrogen and oxygen atoms in total. The maximum Gasteiger partial charge on any atom is 0.316 e. The fourth-order valence-corrected chi connectivity index (χ4v) is 6.26. The Bertz CT molecular complexity index is 929. The Morgan fingerprint density at radius 2 is 1.91 bits per heavy atom. The molecule has 7 N–H and O–H groups in total. The predicted octanol–water partition coefficient (Wildman–Crippen LogP) is 1.78. The number of carbonyl (C=O) groups is 2. The average molecular weight is 501 g/mol. The van der Waals surface area contributed by atoms with E-state index in [-0.39, 0.29) is 29.3 Å². The number of guanidine groups is 2. The zero-order valence-electron chi connectivity index (χ0n) is 20.0. The maximum atomic E-state index is 12.2. The number of likely N-dealkylation sites (tertiary alicyclic amines) is 1. The lowest BCUT2D eigenvalue weighted by molar-refractivity contribution is -0.121. The van der Waals surface area contributed by atoms with Crippen LogP contribution in [0.3, 0.4) is 0 Å². The van der Waals surface area contributed by atoms with Crippen molar-refractivity contribution in [2.45, 2.75) is 68.0 Å². The Hall–Kier alpha value is -2.95. The molecule has 3 fully saturated rings. The third kappa shape index (κ3) is 7.51. The van der Waals surface area contributed by atoms with E-state index in [1.807, 2.05) is 40.9 Å². The van der Waals surface area contributed by atoms with Gasteiger partial charge in [-0.2, -0.15) is 4.99 Å². The number of nitrogens with zero attached hydrogens (tertiary/aromatic N) is 3. The molecule has 0 bridgehead atoms. The first-order valence-corrected chi connectivity index (χ1v) is 13.4. The smallest absolute Gasteiger partial charge is 0.316 e. The topological polar surface area (TPSA) is 150 Å². The normalized spacial score (nSPS) is 24.3. The number of carbonyl (C=O) groups excluding carboxylic acids is 2. The van der Waals surface area contributed by atoms with Crippen LogP contribution >= 0.6 is 11.8 Å². The first-order chi connectivity index (χ1) is 17.0. The molecule has 0 aromatic heterocycles. The first kappa shape index (κ1) is 25.2. The van der Waals surface area contributed by atoms with Crippen molar-refractivity contribution in [3.05, 3.63) is 29.8 Å². The van der Waals surface area contributed by atoms with E-state index in [9.17, 15) is 9.59 Å². The summed E-state index contributed by atoms with van der Waals surface area (Å²) in [5.74, 6) is 0.660. The quantitative estimate of drug-likeness (QED) is 0.198. The van der Waals surface area contributed by atoms with Crippen LogP contribution in [-0.4, -0.2) is 65.1 Å². The largest absolute Gasteiger partial charge is 0.369 e. The minimum absolute atomic E-state index is 0.0552. The van der Waals surface area contributed by atoms with Gasteiger partial charge in [0.05, 0.1) is 17.1 Å². The summed E-state index contributed by atoms with van der Waals surface area (Å²) in [6.45, 7) is 2.43. The van der Waals surface area contributed by atoms with Gasteiger partial charge >= 0.3 is 6.03 Å². The minimum Gasteiger partial charge on any atom is -0.369 e. The predicted molar refractivity (Wildman–Crippen MR) is 141 cm³/mol. The van der Waals surface area contributed by atoms with Gasteiger partial charge < -0.3 is 32.3 Å². The van der Waals surface area contributed by atoms with Crippen LogP contribution in [-0.2, 0) is 11.2 Å². The molecule has 0 aliphatic carbocycles. The molecule has 0 radical (unpaired) electrons. The van der Waals surface area contributed by atoms with E-state index in [2.05, 4.69) is 25.9 Å². The lowest BCUT2D eigenvalue weighted by Gasteiger charge is -2.15. The third-order valence-corrected chi connectivity index (χ3v) is 8.12. The molecule has 190 valence electrons.